The van der Waals surface area contributed by atoms with Crippen molar-refractivity contribution in [1.29, 1.82) is 0 Å². The fraction of sp³-hybridized carbons (Fsp3) is 0.364. The number of primary amides is 1. The lowest BCUT2D eigenvalue weighted by atomic mass is 10.0. The standard InChI is InChI=1S/C22H24ClN4O2/c23-20-10-25-8-7-19(20)22(29)27-13-16-11-26(12-17(16)14-27)9-3-5-15-4-1-2-6-18(15)21(24)28/h1-2,4-8,10,16-17H,3,9,11-14H2,(H2,24,28)/t16-,17?/m0/s1. The van der Waals surface area contributed by atoms with E-state index in [1.54, 1.807) is 18.3 Å². The number of hydrogen-bond donors (Lipinski definition) is 1. The lowest BCUT2D eigenvalue weighted by Gasteiger charge is -2.22. The van der Waals surface area contributed by atoms with E-state index in [4.69, 9.17) is 17.3 Å². The van der Waals surface area contributed by atoms with Crippen LogP contribution in [0.1, 0.15) is 32.7 Å². The molecule has 4 rings (SSSR count). The van der Waals surface area contributed by atoms with Crippen molar-refractivity contribution in [1.82, 2.24) is 14.8 Å². The predicted octanol–water partition coefficient (Wildman–Crippen LogP) is 2.48. The molecule has 3 heterocycles. The molecule has 0 saturated carbocycles. The van der Waals surface area contributed by atoms with Crippen LogP contribution >= 0.6 is 11.6 Å². The zero-order chi connectivity index (χ0) is 20.4. The highest BCUT2D eigenvalue weighted by Gasteiger charge is 2.41. The van der Waals surface area contributed by atoms with E-state index >= 15 is 0 Å². The third-order valence-corrected chi connectivity index (χ3v) is 6.19. The summed E-state index contributed by atoms with van der Waals surface area (Å²) >= 11 is 6.13. The number of rotatable bonds is 6. The Bertz CT molecular complexity index is 905. The number of hydrogen-bond acceptors (Lipinski definition) is 4. The summed E-state index contributed by atoms with van der Waals surface area (Å²) in [5, 5.41) is 0.406. The van der Waals surface area contributed by atoms with Crippen LogP contribution in [-0.4, -0.2) is 59.3 Å². The zero-order valence-corrected chi connectivity index (χ0v) is 16.9. The fourth-order valence-corrected chi connectivity index (χ4v) is 4.66. The predicted molar refractivity (Wildman–Crippen MR) is 112 cm³/mol. The van der Waals surface area contributed by atoms with Gasteiger partial charge in [0.2, 0.25) is 5.91 Å². The lowest BCUT2D eigenvalue weighted by molar-refractivity contribution is 0.0774. The first-order valence-electron chi connectivity index (χ1n) is 9.86. The molecule has 2 amide bonds. The molecule has 1 aromatic heterocycles. The highest BCUT2D eigenvalue weighted by Crippen LogP contribution is 2.32. The molecule has 0 bridgehead atoms. The zero-order valence-electron chi connectivity index (χ0n) is 16.1. The maximum absolute atomic E-state index is 12.8. The van der Waals surface area contributed by atoms with Gasteiger partial charge in [-0.1, -0.05) is 29.8 Å². The van der Waals surface area contributed by atoms with Gasteiger partial charge in [0, 0.05) is 44.1 Å². The largest absolute Gasteiger partial charge is 0.366 e. The van der Waals surface area contributed by atoms with Gasteiger partial charge in [0.15, 0.2) is 0 Å². The van der Waals surface area contributed by atoms with E-state index in [-0.39, 0.29) is 5.91 Å². The second kappa shape index (κ2) is 8.51. The number of benzene rings is 1. The van der Waals surface area contributed by atoms with Crippen LogP contribution in [0.25, 0.3) is 0 Å². The number of nitrogens with two attached hydrogens (primary N) is 1. The molecule has 2 aliphatic rings. The highest BCUT2D eigenvalue weighted by molar-refractivity contribution is 6.33. The minimum Gasteiger partial charge on any atom is -0.366 e. The van der Waals surface area contributed by atoms with Gasteiger partial charge in [0.05, 0.1) is 10.6 Å². The number of fused-ring (bicyclic) bond motifs is 1. The Kier molecular flexibility index (Phi) is 5.83. The number of halogens is 1. The third kappa shape index (κ3) is 4.28. The maximum atomic E-state index is 12.8. The molecule has 2 N–H and O–H groups in total. The molecule has 2 fully saturated rings. The minimum absolute atomic E-state index is 0.00487. The summed E-state index contributed by atoms with van der Waals surface area (Å²) in [6.45, 7) is 4.46. The number of carbonyl (C=O) groups is 2. The van der Waals surface area contributed by atoms with Crippen molar-refractivity contribution >= 4 is 23.4 Å². The van der Waals surface area contributed by atoms with Gasteiger partial charge in [-0.2, -0.15) is 0 Å². The van der Waals surface area contributed by atoms with Crippen molar-refractivity contribution in [3.63, 3.8) is 0 Å². The molecule has 2 aliphatic heterocycles. The molecule has 151 valence electrons. The molecule has 0 aliphatic carbocycles. The maximum Gasteiger partial charge on any atom is 0.255 e. The second-order valence-corrected chi connectivity index (χ2v) is 8.20. The van der Waals surface area contributed by atoms with Crippen molar-refractivity contribution < 1.29 is 9.59 Å². The van der Waals surface area contributed by atoms with Crippen molar-refractivity contribution in [3.05, 3.63) is 70.9 Å². The van der Waals surface area contributed by atoms with Gasteiger partial charge in [-0.05, 0) is 48.9 Å². The van der Waals surface area contributed by atoms with E-state index in [9.17, 15) is 9.59 Å². The summed E-state index contributed by atoms with van der Waals surface area (Å²) in [5.41, 5.74) is 7.43. The highest BCUT2D eigenvalue weighted by atomic mass is 35.5. The molecule has 29 heavy (non-hydrogen) atoms. The molecule has 6 nitrogen and oxygen atoms in total. The molecule has 2 atom stereocenters. The molecule has 1 aromatic carbocycles. The average molecular weight is 412 g/mol. The first-order valence-corrected chi connectivity index (χ1v) is 10.2. The van der Waals surface area contributed by atoms with Gasteiger partial charge >= 0.3 is 0 Å². The van der Waals surface area contributed by atoms with Crippen LogP contribution in [-0.2, 0) is 0 Å². The molecule has 1 unspecified atom stereocenters. The normalized spacial score (nSPS) is 21.3. The summed E-state index contributed by atoms with van der Waals surface area (Å²) in [6.07, 6.45) is 6.05. The number of nitrogens with zero attached hydrogens (tertiary/aromatic N) is 3. The summed E-state index contributed by atoms with van der Waals surface area (Å²) in [6, 6.07) is 9.11. The van der Waals surface area contributed by atoms with E-state index in [1.165, 1.54) is 6.20 Å². The van der Waals surface area contributed by atoms with Crippen LogP contribution in [0.4, 0.5) is 0 Å². The van der Waals surface area contributed by atoms with E-state index in [0.29, 0.717) is 28.0 Å². The first kappa shape index (κ1) is 19.9. The summed E-state index contributed by atoms with van der Waals surface area (Å²) in [5.74, 6) is 0.594. The third-order valence-electron chi connectivity index (χ3n) is 5.89. The first-order chi connectivity index (χ1) is 14.0. The van der Waals surface area contributed by atoms with Crippen molar-refractivity contribution in [3.8, 4) is 0 Å². The van der Waals surface area contributed by atoms with E-state index in [1.807, 2.05) is 23.1 Å². The summed E-state index contributed by atoms with van der Waals surface area (Å²) in [4.78, 5) is 32.6. The second-order valence-electron chi connectivity index (χ2n) is 7.79. The lowest BCUT2D eigenvalue weighted by Crippen LogP contribution is -2.33. The Labute approximate surface area is 175 Å². The van der Waals surface area contributed by atoms with Crippen LogP contribution in [0.5, 0.6) is 0 Å². The topological polar surface area (TPSA) is 79.5 Å². The van der Waals surface area contributed by atoms with Crippen molar-refractivity contribution in [2.45, 2.75) is 6.42 Å². The Balaban J connectivity index is 1.27. The van der Waals surface area contributed by atoms with Crippen LogP contribution < -0.4 is 5.73 Å². The van der Waals surface area contributed by atoms with Crippen LogP contribution in [0.3, 0.4) is 0 Å². The fourth-order valence-electron chi connectivity index (χ4n) is 4.46. The molecule has 1 radical (unpaired) electrons. The number of carbonyl (C=O) groups excluding carboxylic acids is 2. The monoisotopic (exact) mass is 411 g/mol. The van der Waals surface area contributed by atoms with Gasteiger partial charge in [0.25, 0.3) is 5.91 Å². The van der Waals surface area contributed by atoms with Crippen LogP contribution in [0, 0.1) is 18.3 Å². The number of likely N-dealkylation sites (tertiary alicyclic amines) is 2. The Hall–Kier alpha value is -2.44. The smallest absolute Gasteiger partial charge is 0.255 e. The SMILES string of the molecule is NC(=O)c1ccccc1[CH]CCN1CC2CN(C(=O)c3ccncc3Cl)C[C@@H]2C1. The molecular weight excluding hydrogens is 388 g/mol. The summed E-state index contributed by atoms with van der Waals surface area (Å²) in [7, 11) is 0. The number of pyridine rings is 1. The summed E-state index contributed by atoms with van der Waals surface area (Å²) < 4.78 is 0. The average Bonchev–Trinajstić information content (AvgIpc) is 3.27. The van der Waals surface area contributed by atoms with Gasteiger partial charge in [-0.15, -0.1) is 0 Å². The van der Waals surface area contributed by atoms with Crippen molar-refractivity contribution in [2.24, 2.45) is 17.6 Å². The van der Waals surface area contributed by atoms with Crippen LogP contribution in [0.15, 0.2) is 42.7 Å². The number of aromatic nitrogens is 1. The van der Waals surface area contributed by atoms with E-state index < -0.39 is 5.91 Å². The molecular formula is C22H24ClN4O2. The molecule has 0 spiro atoms. The van der Waals surface area contributed by atoms with E-state index in [2.05, 4.69) is 16.3 Å². The Morgan fingerprint density at radius 3 is 2.52 bits per heavy atom. The Morgan fingerprint density at radius 1 is 1.10 bits per heavy atom. The Morgan fingerprint density at radius 2 is 1.83 bits per heavy atom. The molecule has 2 aromatic rings. The van der Waals surface area contributed by atoms with Gasteiger partial charge < -0.3 is 15.5 Å². The van der Waals surface area contributed by atoms with Gasteiger partial charge in [-0.3, -0.25) is 14.6 Å². The van der Waals surface area contributed by atoms with E-state index in [0.717, 1.165) is 44.7 Å². The minimum atomic E-state index is -0.397. The van der Waals surface area contributed by atoms with Gasteiger partial charge in [0.1, 0.15) is 0 Å². The van der Waals surface area contributed by atoms with Crippen LogP contribution in [0.2, 0.25) is 5.02 Å². The molecule has 2 saturated heterocycles. The molecule has 7 heteroatoms. The quantitative estimate of drug-likeness (QED) is 0.791. The number of amides is 2. The van der Waals surface area contributed by atoms with Gasteiger partial charge in [-0.25, -0.2) is 0 Å². The van der Waals surface area contributed by atoms with Crippen molar-refractivity contribution in [2.75, 3.05) is 32.7 Å².